The molecule has 118 valence electrons. The van der Waals surface area contributed by atoms with Gasteiger partial charge in [0, 0.05) is 11.3 Å². The minimum atomic E-state index is -0.410. The van der Waals surface area contributed by atoms with Gasteiger partial charge in [-0.3, -0.25) is 5.43 Å². The average molecular weight is 331 g/mol. The fourth-order valence-corrected chi connectivity index (χ4v) is 1.88. The molecule has 0 saturated carbocycles. The number of benzene rings is 2. The molecule has 23 heavy (non-hydrogen) atoms. The van der Waals surface area contributed by atoms with Gasteiger partial charge in [-0.25, -0.2) is 9.18 Å². The zero-order valence-corrected chi connectivity index (χ0v) is 13.1. The molecule has 0 bridgehead atoms. The van der Waals surface area contributed by atoms with E-state index in [1.54, 1.807) is 42.5 Å². The van der Waals surface area contributed by atoms with Crippen LogP contribution in [0.5, 0.6) is 0 Å². The van der Waals surface area contributed by atoms with E-state index in [4.69, 9.17) is 12.2 Å². The Hall–Kier alpha value is -2.80. The summed E-state index contributed by atoms with van der Waals surface area (Å²) in [6.07, 6.45) is 1.34. The van der Waals surface area contributed by atoms with Crippen LogP contribution in [0.2, 0.25) is 0 Å². The summed E-state index contributed by atoms with van der Waals surface area (Å²) in [5.41, 5.74) is 4.06. The Balaban J connectivity index is 1.90. The number of anilines is 1. The highest BCUT2D eigenvalue weighted by atomic mass is 32.1. The topological polar surface area (TPSA) is 62.7 Å². The summed E-state index contributed by atoms with van der Waals surface area (Å²) < 4.78 is 18.0. The predicted molar refractivity (Wildman–Crippen MR) is 91.1 cm³/mol. The number of hydrogen-bond donors (Lipinski definition) is 2. The average Bonchev–Trinajstić information content (AvgIpc) is 2.56. The summed E-state index contributed by atoms with van der Waals surface area (Å²) in [5, 5.41) is 6.99. The van der Waals surface area contributed by atoms with Crippen molar-refractivity contribution in [3.8, 4) is 0 Å². The van der Waals surface area contributed by atoms with Gasteiger partial charge in [0.2, 0.25) is 0 Å². The number of hydrogen-bond acceptors (Lipinski definition) is 4. The van der Waals surface area contributed by atoms with Gasteiger partial charge >= 0.3 is 5.97 Å². The second-order valence-electron chi connectivity index (χ2n) is 4.41. The summed E-state index contributed by atoms with van der Waals surface area (Å²) in [5.74, 6) is -0.776. The molecule has 7 heteroatoms. The number of esters is 1. The maximum atomic E-state index is 13.4. The number of nitrogens with zero attached hydrogens (tertiary/aromatic N) is 1. The van der Waals surface area contributed by atoms with Crippen molar-refractivity contribution >= 4 is 35.2 Å². The quantitative estimate of drug-likeness (QED) is 0.390. The van der Waals surface area contributed by atoms with Crippen LogP contribution >= 0.6 is 12.2 Å². The molecule has 0 saturated heterocycles. The third-order valence-electron chi connectivity index (χ3n) is 2.84. The van der Waals surface area contributed by atoms with Crippen LogP contribution in [0.25, 0.3) is 0 Å². The largest absolute Gasteiger partial charge is 0.465 e. The number of methoxy groups -OCH3 is 1. The lowest BCUT2D eigenvalue weighted by molar-refractivity contribution is 0.0601. The number of thiocarbonyl (C=S) groups is 1. The number of halogens is 1. The van der Waals surface area contributed by atoms with E-state index in [9.17, 15) is 9.18 Å². The lowest BCUT2D eigenvalue weighted by atomic mass is 10.2. The Kier molecular flexibility index (Phi) is 5.76. The van der Waals surface area contributed by atoms with Gasteiger partial charge in [0.25, 0.3) is 0 Å². The normalized spacial score (nSPS) is 10.3. The van der Waals surface area contributed by atoms with E-state index in [1.807, 2.05) is 0 Å². The van der Waals surface area contributed by atoms with Crippen LogP contribution in [-0.2, 0) is 4.74 Å². The first-order chi connectivity index (χ1) is 11.1. The van der Waals surface area contributed by atoms with E-state index >= 15 is 0 Å². The highest BCUT2D eigenvalue weighted by Gasteiger charge is 2.04. The first kappa shape index (κ1) is 16.6. The highest BCUT2D eigenvalue weighted by molar-refractivity contribution is 7.80. The summed E-state index contributed by atoms with van der Waals surface area (Å²) >= 11 is 5.07. The monoisotopic (exact) mass is 331 g/mol. The number of carbonyl (C=O) groups excluding carboxylic acids is 1. The molecule has 0 atom stereocenters. The molecular formula is C16H14FN3O2S. The molecule has 0 amide bonds. The van der Waals surface area contributed by atoms with Crippen molar-refractivity contribution in [3.05, 3.63) is 65.5 Å². The number of rotatable bonds is 4. The summed E-state index contributed by atoms with van der Waals surface area (Å²) in [6, 6.07) is 12.8. The predicted octanol–water partition coefficient (Wildman–Crippen LogP) is 2.93. The van der Waals surface area contributed by atoms with Gasteiger partial charge in [-0.05, 0) is 42.5 Å². The smallest absolute Gasteiger partial charge is 0.337 e. The van der Waals surface area contributed by atoms with E-state index in [1.165, 1.54) is 19.4 Å². The molecule has 0 fully saturated rings. The Morgan fingerprint density at radius 3 is 2.57 bits per heavy atom. The summed E-state index contributed by atoms with van der Waals surface area (Å²) in [4.78, 5) is 11.3. The maximum absolute atomic E-state index is 13.4. The molecule has 2 rings (SSSR count). The molecule has 2 aromatic carbocycles. The molecular weight excluding hydrogens is 317 g/mol. The number of nitrogens with one attached hydrogen (secondary N) is 2. The van der Waals surface area contributed by atoms with Crippen LogP contribution in [0.4, 0.5) is 10.1 Å². The Labute approximate surface area is 138 Å². The third-order valence-corrected chi connectivity index (χ3v) is 3.03. The van der Waals surface area contributed by atoms with E-state index < -0.39 is 5.97 Å². The zero-order valence-electron chi connectivity index (χ0n) is 12.2. The molecule has 0 aliphatic carbocycles. The lowest BCUT2D eigenvalue weighted by Gasteiger charge is -2.07. The molecule has 5 nitrogen and oxygen atoms in total. The number of carbonyl (C=O) groups is 1. The van der Waals surface area contributed by atoms with Crippen LogP contribution in [0.3, 0.4) is 0 Å². The van der Waals surface area contributed by atoms with E-state index in [0.29, 0.717) is 16.8 Å². The Bertz CT molecular complexity index is 732. The number of hydrazone groups is 1. The molecule has 2 aromatic rings. The van der Waals surface area contributed by atoms with Crippen LogP contribution in [0, 0.1) is 5.82 Å². The van der Waals surface area contributed by atoms with Gasteiger partial charge in [0.15, 0.2) is 5.11 Å². The Morgan fingerprint density at radius 2 is 1.91 bits per heavy atom. The summed E-state index contributed by atoms with van der Waals surface area (Å²) in [7, 11) is 1.32. The second-order valence-corrected chi connectivity index (χ2v) is 4.82. The molecule has 0 aliphatic rings. The lowest BCUT2D eigenvalue weighted by Crippen LogP contribution is -2.23. The van der Waals surface area contributed by atoms with Crippen molar-refractivity contribution < 1.29 is 13.9 Å². The van der Waals surface area contributed by atoms with E-state index in [0.717, 1.165) is 0 Å². The van der Waals surface area contributed by atoms with Crippen molar-refractivity contribution in [1.82, 2.24) is 5.43 Å². The number of ether oxygens (including phenoxy) is 1. The minimum absolute atomic E-state index is 0.239. The molecule has 0 aliphatic heterocycles. The van der Waals surface area contributed by atoms with Gasteiger partial charge in [0.1, 0.15) is 5.82 Å². The van der Waals surface area contributed by atoms with Crippen molar-refractivity contribution in [3.63, 3.8) is 0 Å². The molecule has 0 aromatic heterocycles. The highest BCUT2D eigenvalue weighted by Crippen LogP contribution is 2.10. The van der Waals surface area contributed by atoms with Crippen molar-refractivity contribution in [2.75, 3.05) is 12.4 Å². The van der Waals surface area contributed by atoms with Gasteiger partial charge in [0.05, 0.1) is 18.9 Å². The molecule has 0 heterocycles. The van der Waals surface area contributed by atoms with Crippen molar-refractivity contribution in [1.29, 1.82) is 0 Å². The van der Waals surface area contributed by atoms with Gasteiger partial charge in [-0.2, -0.15) is 5.10 Å². The second kappa shape index (κ2) is 8.00. The van der Waals surface area contributed by atoms with E-state index in [-0.39, 0.29) is 10.9 Å². The fourth-order valence-electron chi connectivity index (χ4n) is 1.71. The molecule has 2 N–H and O–H groups in total. The van der Waals surface area contributed by atoms with Crippen LogP contribution in [0.1, 0.15) is 15.9 Å². The standard InChI is InChI=1S/C16H14FN3O2S/c1-22-15(21)11-6-8-13(9-7-11)19-16(23)20-18-10-12-4-2-3-5-14(12)17/h2-10H,1H3,(H2,19,20,23). The van der Waals surface area contributed by atoms with Gasteiger partial charge in [-0.1, -0.05) is 18.2 Å². The van der Waals surface area contributed by atoms with Crippen molar-refractivity contribution in [2.45, 2.75) is 0 Å². The fraction of sp³-hybridized carbons (Fsp3) is 0.0625. The van der Waals surface area contributed by atoms with Crippen molar-refractivity contribution in [2.24, 2.45) is 5.10 Å². The van der Waals surface area contributed by atoms with Crippen LogP contribution < -0.4 is 10.7 Å². The minimum Gasteiger partial charge on any atom is -0.465 e. The SMILES string of the molecule is COC(=O)c1ccc(NC(=S)NN=Cc2ccccc2F)cc1. The van der Waals surface area contributed by atoms with E-state index in [2.05, 4.69) is 20.6 Å². The Morgan fingerprint density at radius 1 is 1.22 bits per heavy atom. The van der Waals surface area contributed by atoms with Gasteiger partial charge < -0.3 is 10.1 Å². The zero-order chi connectivity index (χ0) is 16.7. The summed E-state index contributed by atoms with van der Waals surface area (Å²) in [6.45, 7) is 0. The first-order valence-electron chi connectivity index (χ1n) is 6.63. The third kappa shape index (κ3) is 4.86. The maximum Gasteiger partial charge on any atom is 0.337 e. The van der Waals surface area contributed by atoms with Crippen LogP contribution in [-0.4, -0.2) is 24.4 Å². The molecule has 0 radical (unpaired) electrons. The van der Waals surface area contributed by atoms with Gasteiger partial charge in [-0.15, -0.1) is 0 Å². The molecule has 0 spiro atoms. The van der Waals surface area contributed by atoms with Crippen LogP contribution in [0.15, 0.2) is 53.6 Å². The first-order valence-corrected chi connectivity index (χ1v) is 7.04. The molecule has 0 unspecified atom stereocenters.